The summed E-state index contributed by atoms with van der Waals surface area (Å²) in [4.78, 5) is 30.7. The lowest BCUT2D eigenvalue weighted by atomic mass is 10.1. The number of hydrogen-bond acceptors (Lipinski definition) is 6. The second-order valence-corrected chi connectivity index (χ2v) is 6.03. The first-order chi connectivity index (χ1) is 12.4. The van der Waals surface area contributed by atoms with E-state index in [9.17, 15) is 9.59 Å². The van der Waals surface area contributed by atoms with Crippen molar-refractivity contribution < 1.29 is 28.6 Å². The number of ether oxygens (including phenoxy) is 3. The minimum Gasteiger partial charge on any atom is -0.495 e. The number of pyridine rings is 1. The van der Waals surface area contributed by atoms with Crippen LogP contribution >= 0.6 is 11.6 Å². The van der Waals surface area contributed by atoms with E-state index in [-0.39, 0.29) is 34.5 Å². The van der Waals surface area contributed by atoms with Gasteiger partial charge in [-0.25, -0.2) is 9.78 Å². The number of aromatic nitrogens is 1. The van der Waals surface area contributed by atoms with Crippen LogP contribution in [0, 0.1) is 5.92 Å². The van der Waals surface area contributed by atoms with Gasteiger partial charge in [0.05, 0.1) is 19.2 Å². The topological polar surface area (TPSA) is 111 Å². The monoisotopic (exact) mass is 377 g/mol. The first-order valence-corrected chi connectivity index (χ1v) is 7.98. The lowest BCUT2D eigenvalue weighted by Gasteiger charge is -2.12. The Bertz CT molecular complexity index is 907. The van der Waals surface area contributed by atoms with Crippen LogP contribution < -0.4 is 9.47 Å². The molecule has 0 saturated heterocycles. The van der Waals surface area contributed by atoms with Gasteiger partial charge in [-0.15, -0.1) is 0 Å². The zero-order valence-corrected chi connectivity index (χ0v) is 15.1. The molecule has 2 aromatic rings. The molecule has 0 N–H and O–H groups in total. The molecule has 136 valence electrons. The number of halogens is 1. The van der Waals surface area contributed by atoms with E-state index in [1.807, 2.05) is 13.8 Å². The Balaban J connectivity index is 2.55. The van der Waals surface area contributed by atoms with Crippen molar-refractivity contribution in [3.63, 3.8) is 0 Å². The van der Waals surface area contributed by atoms with E-state index in [0.29, 0.717) is 17.4 Å². The van der Waals surface area contributed by atoms with Crippen LogP contribution in [0.1, 0.15) is 24.3 Å². The van der Waals surface area contributed by atoms with E-state index in [2.05, 4.69) is 9.77 Å². The van der Waals surface area contributed by atoms with Crippen LogP contribution in [-0.2, 0) is 4.74 Å². The highest BCUT2D eigenvalue weighted by atomic mass is 35.5. The van der Waals surface area contributed by atoms with E-state index in [4.69, 9.17) is 31.3 Å². The Morgan fingerprint density at radius 1 is 1.35 bits per heavy atom. The van der Waals surface area contributed by atoms with Gasteiger partial charge in [0.1, 0.15) is 22.2 Å². The number of benzene rings is 1. The number of ketones is 1. The van der Waals surface area contributed by atoms with Gasteiger partial charge < -0.3 is 19.7 Å². The van der Waals surface area contributed by atoms with Crippen molar-refractivity contribution in [3.8, 4) is 11.5 Å². The summed E-state index contributed by atoms with van der Waals surface area (Å²) in [6.07, 6.45) is -0.254. The van der Waals surface area contributed by atoms with Crippen molar-refractivity contribution in [1.82, 2.24) is 4.98 Å². The average Bonchev–Trinajstić information content (AvgIpc) is 2.60. The summed E-state index contributed by atoms with van der Waals surface area (Å²) < 4.78 is 15.3. The molecular formula is C17H16ClN3O5. The van der Waals surface area contributed by atoms with Crippen LogP contribution in [0.2, 0.25) is 5.02 Å². The Kier molecular flexibility index (Phi) is 6.27. The van der Waals surface area contributed by atoms with Gasteiger partial charge in [0.15, 0.2) is 0 Å². The number of rotatable bonds is 6. The second-order valence-electron chi connectivity index (χ2n) is 5.65. The number of hydrogen-bond donors (Lipinski definition) is 0. The summed E-state index contributed by atoms with van der Waals surface area (Å²) in [6.45, 7) is 3.94. The number of methoxy groups -OCH3 is 1. The highest BCUT2D eigenvalue weighted by molar-refractivity contribution is 6.37. The Morgan fingerprint density at radius 3 is 2.69 bits per heavy atom. The maximum Gasteiger partial charge on any atom is 0.513 e. The fourth-order valence-corrected chi connectivity index (χ4v) is 2.33. The van der Waals surface area contributed by atoms with E-state index < -0.39 is 11.9 Å². The first kappa shape index (κ1) is 19.4. The molecule has 9 heteroatoms. The smallest absolute Gasteiger partial charge is 0.495 e. The fourth-order valence-electron chi connectivity index (χ4n) is 2.05. The summed E-state index contributed by atoms with van der Waals surface area (Å²) in [5, 5.41) is 0.524. The van der Waals surface area contributed by atoms with Gasteiger partial charge in [0, 0.05) is 11.5 Å². The molecule has 0 amide bonds. The molecule has 8 nitrogen and oxygen atoms in total. The standard InChI is InChI=1S/C17H16ClN3O5/c1-9(2)8-25-17(23)26-14-6-11(12(22)7-20-19)21-16-10(14)4-5-13(24-3)15(16)18/h4-7,9H,8H2,1-3H3. The van der Waals surface area contributed by atoms with Crippen LogP contribution in [-0.4, -0.2) is 41.6 Å². The number of nitrogens with zero attached hydrogens (tertiary/aromatic N) is 3. The van der Waals surface area contributed by atoms with Gasteiger partial charge >= 0.3 is 12.4 Å². The molecule has 2 rings (SSSR count). The SMILES string of the molecule is COc1ccc2c(OC(=O)OCC(C)C)cc(C(=O)C=[N+]=[N-])nc2c1Cl. The van der Waals surface area contributed by atoms with Crippen molar-refractivity contribution in [2.24, 2.45) is 5.92 Å². The molecule has 0 bridgehead atoms. The summed E-state index contributed by atoms with van der Waals surface area (Å²) in [5.41, 5.74) is 8.62. The number of carbonyl (C=O) groups excluding carboxylic acids is 2. The molecule has 1 aromatic heterocycles. The summed E-state index contributed by atoms with van der Waals surface area (Å²) in [6, 6.07) is 4.41. The van der Waals surface area contributed by atoms with Gasteiger partial charge in [0.25, 0.3) is 5.78 Å². The van der Waals surface area contributed by atoms with Crippen molar-refractivity contribution in [2.75, 3.05) is 13.7 Å². The van der Waals surface area contributed by atoms with E-state index in [0.717, 1.165) is 0 Å². The highest BCUT2D eigenvalue weighted by Crippen LogP contribution is 2.36. The predicted molar refractivity (Wildman–Crippen MR) is 94.1 cm³/mol. The van der Waals surface area contributed by atoms with Crippen molar-refractivity contribution in [2.45, 2.75) is 13.8 Å². The van der Waals surface area contributed by atoms with Crippen LogP contribution in [0.5, 0.6) is 11.5 Å². The molecule has 1 aromatic carbocycles. The zero-order valence-electron chi connectivity index (χ0n) is 14.4. The normalized spacial score (nSPS) is 10.3. The predicted octanol–water partition coefficient (Wildman–Crippen LogP) is 3.55. The van der Waals surface area contributed by atoms with Gasteiger partial charge in [-0.3, -0.25) is 4.79 Å². The van der Waals surface area contributed by atoms with Gasteiger partial charge in [-0.2, -0.15) is 4.79 Å². The summed E-state index contributed by atoms with van der Waals surface area (Å²) >= 11 is 6.25. The van der Waals surface area contributed by atoms with E-state index in [1.165, 1.54) is 13.2 Å². The van der Waals surface area contributed by atoms with Crippen molar-refractivity contribution >= 4 is 40.7 Å². The minimum atomic E-state index is -0.924. The number of carbonyl (C=O) groups is 2. The van der Waals surface area contributed by atoms with Gasteiger partial charge in [-0.1, -0.05) is 25.4 Å². The Morgan fingerprint density at radius 2 is 2.08 bits per heavy atom. The fraction of sp³-hybridized carbons (Fsp3) is 0.294. The minimum absolute atomic E-state index is 0.0306. The second kappa shape index (κ2) is 8.42. The molecule has 0 saturated carbocycles. The molecular weight excluding hydrogens is 362 g/mol. The van der Waals surface area contributed by atoms with Crippen LogP contribution in [0.4, 0.5) is 4.79 Å². The first-order valence-electron chi connectivity index (χ1n) is 7.61. The van der Waals surface area contributed by atoms with Crippen LogP contribution in [0.15, 0.2) is 18.2 Å². The molecule has 0 spiro atoms. The molecule has 0 atom stereocenters. The lowest BCUT2D eigenvalue weighted by Crippen LogP contribution is -2.15. The van der Waals surface area contributed by atoms with E-state index >= 15 is 0 Å². The maximum absolute atomic E-state index is 12.0. The summed E-state index contributed by atoms with van der Waals surface area (Å²) in [5.74, 6) is -0.203. The quantitative estimate of drug-likeness (QED) is 0.250. The largest absolute Gasteiger partial charge is 0.513 e. The molecule has 0 aliphatic carbocycles. The number of fused-ring (bicyclic) bond motifs is 1. The Labute approximate surface area is 154 Å². The van der Waals surface area contributed by atoms with Gasteiger partial charge in [-0.05, 0) is 18.1 Å². The molecule has 0 aliphatic heterocycles. The molecule has 0 fully saturated rings. The third-order valence-corrected chi connectivity index (χ3v) is 3.59. The molecule has 1 heterocycles. The molecule has 0 unspecified atom stereocenters. The maximum atomic E-state index is 12.0. The van der Waals surface area contributed by atoms with E-state index in [1.54, 1.807) is 12.1 Å². The van der Waals surface area contributed by atoms with Crippen LogP contribution in [0.3, 0.4) is 0 Å². The van der Waals surface area contributed by atoms with Crippen molar-refractivity contribution in [3.05, 3.63) is 34.4 Å². The summed E-state index contributed by atoms with van der Waals surface area (Å²) in [7, 11) is 1.43. The van der Waals surface area contributed by atoms with Crippen molar-refractivity contribution in [1.29, 1.82) is 0 Å². The van der Waals surface area contributed by atoms with Gasteiger partial charge in [0.2, 0.25) is 0 Å². The molecule has 26 heavy (non-hydrogen) atoms. The zero-order chi connectivity index (χ0) is 19.3. The lowest BCUT2D eigenvalue weighted by molar-refractivity contribution is 0.00230. The third kappa shape index (κ3) is 4.36. The highest BCUT2D eigenvalue weighted by Gasteiger charge is 2.20. The molecule has 0 aliphatic rings. The average molecular weight is 378 g/mol. The number of Topliss-reactive ketones (excluding diaryl/α,β-unsaturated/α-hetero) is 1. The third-order valence-electron chi connectivity index (χ3n) is 3.22. The molecule has 0 radical (unpaired) electrons. The Hall–Kier alpha value is -2.96. The van der Waals surface area contributed by atoms with Crippen LogP contribution in [0.25, 0.3) is 16.4 Å².